The fourth-order valence-electron chi connectivity index (χ4n) is 2.25. The van der Waals surface area contributed by atoms with Gasteiger partial charge in [-0.1, -0.05) is 48.8 Å². The standard InChI is InChI=1S/C16H27BrN2/c1-6-15(13-7-9-14(17)10-8-13)18-16(12(2)3)11-19(4)5/h7-10,12,15-16,18H,6,11H2,1-5H3. The molecule has 0 radical (unpaired) electrons. The Bertz CT molecular complexity index is 360. The van der Waals surface area contributed by atoms with Crippen molar-refractivity contribution in [1.82, 2.24) is 10.2 Å². The number of likely N-dealkylation sites (N-methyl/N-ethyl adjacent to an activating group) is 1. The summed E-state index contributed by atoms with van der Waals surface area (Å²) >= 11 is 3.50. The lowest BCUT2D eigenvalue weighted by Gasteiger charge is -2.30. The molecule has 0 amide bonds. The highest BCUT2D eigenvalue weighted by Crippen LogP contribution is 2.21. The maximum Gasteiger partial charge on any atom is 0.0320 e. The Balaban J connectivity index is 2.76. The van der Waals surface area contributed by atoms with Crippen molar-refractivity contribution in [3.05, 3.63) is 34.3 Å². The Hall–Kier alpha value is -0.380. The van der Waals surface area contributed by atoms with Crippen molar-refractivity contribution >= 4 is 15.9 Å². The minimum absolute atomic E-state index is 0.431. The van der Waals surface area contributed by atoms with Gasteiger partial charge in [0.15, 0.2) is 0 Å². The molecule has 1 rings (SSSR count). The van der Waals surface area contributed by atoms with Crippen LogP contribution in [-0.4, -0.2) is 31.6 Å². The average Bonchev–Trinajstić information content (AvgIpc) is 2.35. The first-order chi connectivity index (χ1) is 8.93. The van der Waals surface area contributed by atoms with Crippen LogP contribution in [0.3, 0.4) is 0 Å². The molecule has 2 atom stereocenters. The van der Waals surface area contributed by atoms with Crippen LogP contribution in [0.15, 0.2) is 28.7 Å². The van der Waals surface area contributed by atoms with Crippen LogP contribution in [-0.2, 0) is 0 Å². The third kappa shape index (κ3) is 5.64. The fraction of sp³-hybridized carbons (Fsp3) is 0.625. The molecule has 0 saturated heterocycles. The molecule has 0 aliphatic rings. The maximum atomic E-state index is 3.81. The lowest BCUT2D eigenvalue weighted by atomic mass is 9.98. The molecule has 0 bridgehead atoms. The average molecular weight is 327 g/mol. The molecule has 3 heteroatoms. The monoisotopic (exact) mass is 326 g/mol. The van der Waals surface area contributed by atoms with Crippen LogP contribution < -0.4 is 5.32 Å². The molecule has 1 aromatic rings. The van der Waals surface area contributed by atoms with Crippen molar-refractivity contribution in [3.63, 3.8) is 0 Å². The number of hydrogen-bond donors (Lipinski definition) is 1. The third-order valence-electron chi connectivity index (χ3n) is 3.46. The van der Waals surface area contributed by atoms with Crippen molar-refractivity contribution in [2.24, 2.45) is 5.92 Å². The Kier molecular flexibility index (Phi) is 7.05. The molecule has 0 spiro atoms. The Morgan fingerprint density at radius 1 is 1.16 bits per heavy atom. The molecule has 0 aliphatic heterocycles. The molecule has 1 aromatic carbocycles. The van der Waals surface area contributed by atoms with Gasteiger partial charge >= 0.3 is 0 Å². The quantitative estimate of drug-likeness (QED) is 0.812. The third-order valence-corrected chi connectivity index (χ3v) is 3.99. The topological polar surface area (TPSA) is 15.3 Å². The van der Waals surface area contributed by atoms with Gasteiger partial charge in [0, 0.05) is 23.1 Å². The number of rotatable bonds is 7. The van der Waals surface area contributed by atoms with E-state index in [2.05, 4.69) is 85.3 Å². The molecule has 0 saturated carbocycles. The van der Waals surface area contributed by atoms with Crippen molar-refractivity contribution in [1.29, 1.82) is 0 Å². The second-order valence-corrected chi connectivity index (χ2v) is 6.71. The molecule has 0 aliphatic carbocycles. The predicted octanol–water partition coefficient (Wildman–Crippen LogP) is 4.08. The van der Waals surface area contributed by atoms with Crippen molar-refractivity contribution < 1.29 is 0 Å². The fourth-order valence-corrected chi connectivity index (χ4v) is 2.52. The van der Waals surface area contributed by atoms with Crippen LogP contribution in [0.2, 0.25) is 0 Å². The molecule has 1 N–H and O–H groups in total. The van der Waals surface area contributed by atoms with E-state index >= 15 is 0 Å². The normalized spacial score (nSPS) is 14.9. The van der Waals surface area contributed by atoms with Crippen molar-refractivity contribution in [3.8, 4) is 0 Å². The summed E-state index contributed by atoms with van der Waals surface area (Å²) in [4.78, 5) is 2.26. The van der Waals surface area contributed by atoms with Crippen LogP contribution >= 0.6 is 15.9 Å². The van der Waals surface area contributed by atoms with E-state index in [1.54, 1.807) is 0 Å². The molecule has 108 valence electrons. The maximum absolute atomic E-state index is 3.81. The highest BCUT2D eigenvalue weighted by atomic mass is 79.9. The van der Waals surface area contributed by atoms with Gasteiger partial charge in [-0.25, -0.2) is 0 Å². The molecule has 2 unspecified atom stereocenters. The highest BCUT2D eigenvalue weighted by molar-refractivity contribution is 9.10. The van der Waals surface area contributed by atoms with Gasteiger partial charge in [-0.2, -0.15) is 0 Å². The largest absolute Gasteiger partial charge is 0.308 e. The van der Waals surface area contributed by atoms with Gasteiger partial charge in [0.05, 0.1) is 0 Å². The van der Waals surface area contributed by atoms with E-state index < -0.39 is 0 Å². The molecule has 0 fully saturated rings. The van der Waals surface area contributed by atoms with Gasteiger partial charge in [-0.05, 0) is 44.1 Å². The molecular formula is C16H27BrN2. The summed E-state index contributed by atoms with van der Waals surface area (Å²) in [5, 5.41) is 3.81. The molecule has 2 nitrogen and oxygen atoms in total. The smallest absolute Gasteiger partial charge is 0.0320 e. The summed E-state index contributed by atoms with van der Waals surface area (Å²) < 4.78 is 1.14. The van der Waals surface area contributed by atoms with Crippen LogP contribution in [0, 0.1) is 5.92 Å². The zero-order valence-electron chi connectivity index (χ0n) is 12.8. The van der Waals surface area contributed by atoms with Crippen molar-refractivity contribution in [2.75, 3.05) is 20.6 Å². The number of hydrogen-bond acceptors (Lipinski definition) is 2. The van der Waals surface area contributed by atoms with Crippen LogP contribution in [0.4, 0.5) is 0 Å². The summed E-state index contributed by atoms with van der Waals surface area (Å²) in [6, 6.07) is 9.60. The van der Waals surface area contributed by atoms with Gasteiger partial charge in [-0.15, -0.1) is 0 Å². The molecule has 0 aromatic heterocycles. The van der Waals surface area contributed by atoms with Gasteiger partial charge in [-0.3, -0.25) is 0 Å². The van der Waals surface area contributed by atoms with E-state index in [4.69, 9.17) is 0 Å². The minimum Gasteiger partial charge on any atom is -0.308 e. The summed E-state index contributed by atoms with van der Waals surface area (Å²) in [5.41, 5.74) is 1.37. The Labute approximate surface area is 126 Å². The summed E-state index contributed by atoms with van der Waals surface area (Å²) in [5.74, 6) is 0.631. The van der Waals surface area contributed by atoms with Crippen LogP contribution in [0.1, 0.15) is 38.8 Å². The van der Waals surface area contributed by atoms with Gasteiger partial charge < -0.3 is 10.2 Å². The number of benzene rings is 1. The lowest BCUT2D eigenvalue weighted by Crippen LogP contribution is -2.43. The molecular weight excluding hydrogens is 300 g/mol. The number of halogens is 1. The van der Waals surface area contributed by atoms with Gasteiger partial charge in [0.25, 0.3) is 0 Å². The summed E-state index contributed by atoms with van der Waals surface area (Å²) in [6.45, 7) is 7.89. The minimum atomic E-state index is 0.431. The van der Waals surface area contributed by atoms with Crippen molar-refractivity contribution in [2.45, 2.75) is 39.3 Å². The second-order valence-electron chi connectivity index (χ2n) is 5.79. The number of nitrogens with one attached hydrogen (secondary N) is 1. The SMILES string of the molecule is CCC(NC(CN(C)C)C(C)C)c1ccc(Br)cc1. The summed E-state index contributed by atoms with van der Waals surface area (Å²) in [6.07, 6.45) is 1.11. The first-order valence-corrected chi connectivity index (χ1v) is 7.89. The van der Waals surface area contributed by atoms with Gasteiger partial charge in [0.2, 0.25) is 0 Å². The van der Waals surface area contributed by atoms with E-state index in [1.807, 2.05) is 0 Å². The van der Waals surface area contributed by atoms with E-state index in [1.165, 1.54) is 5.56 Å². The van der Waals surface area contributed by atoms with E-state index in [0.29, 0.717) is 18.0 Å². The van der Waals surface area contributed by atoms with Crippen LogP contribution in [0.5, 0.6) is 0 Å². The Morgan fingerprint density at radius 2 is 1.74 bits per heavy atom. The first kappa shape index (κ1) is 16.7. The lowest BCUT2D eigenvalue weighted by molar-refractivity contribution is 0.267. The van der Waals surface area contributed by atoms with E-state index in [9.17, 15) is 0 Å². The highest BCUT2D eigenvalue weighted by Gasteiger charge is 2.19. The molecule has 19 heavy (non-hydrogen) atoms. The second kappa shape index (κ2) is 8.03. The zero-order chi connectivity index (χ0) is 14.4. The van der Waals surface area contributed by atoms with E-state index in [-0.39, 0.29) is 0 Å². The van der Waals surface area contributed by atoms with Gasteiger partial charge in [0.1, 0.15) is 0 Å². The van der Waals surface area contributed by atoms with E-state index in [0.717, 1.165) is 17.4 Å². The predicted molar refractivity (Wildman–Crippen MR) is 87.5 cm³/mol. The molecule has 0 heterocycles. The number of nitrogens with zero attached hydrogens (tertiary/aromatic N) is 1. The van der Waals surface area contributed by atoms with Crippen LogP contribution in [0.25, 0.3) is 0 Å². The zero-order valence-corrected chi connectivity index (χ0v) is 14.4. The first-order valence-electron chi connectivity index (χ1n) is 7.10. The summed E-state index contributed by atoms with van der Waals surface area (Å²) in [7, 11) is 4.27. The Morgan fingerprint density at radius 3 is 2.16 bits per heavy atom.